The molecule has 2 aromatic heterocycles. The second kappa shape index (κ2) is 12.8. The van der Waals surface area contributed by atoms with Crippen LogP contribution < -0.4 is 10.1 Å². The van der Waals surface area contributed by atoms with Gasteiger partial charge in [-0.3, -0.25) is 9.59 Å². The second-order valence-corrected chi connectivity index (χ2v) is 11.4. The summed E-state index contributed by atoms with van der Waals surface area (Å²) in [7, 11) is 1.33. The highest BCUT2D eigenvalue weighted by Gasteiger charge is 2.26. The number of nitrogens with one attached hydrogen (secondary N) is 1. The molecule has 4 rings (SSSR count). The number of methoxy groups -OCH3 is 1. The van der Waals surface area contributed by atoms with Gasteiger partial charge in [0, 0.05) is 18.0 Å². The van der Waals surface area contributed by atoms with Crippen molar-refractivity contribution in [2.24, 2.45) is 4.99 Å². The summed E-state index contributed by atoms with van der Waals surface area (Å²) in [5.41, 5.74) is 2.20. The minimum Gasteiger partial charge on any atom is -0.465 e. The Labute approximate surface area is 225 Å². The molecule has 2 heterocycles. The van der Waals surface area contributed by atoms with E-state index in [1.165, 1.54) is 41.9 Å². The van der Waals surface area contributed by atoms with Gasteiger partial charge in [0.2, 0.25) is 5.91 Å². The molecule has 37 heavy (non-hydrogen) atoms. The van der Waals surface area contributed by atoms with Crippen LogP contribution in [0, 0.1) is 5.82 Å². The normalized spacial score (nSPS) is 13.5. The van der Waals surface area contributed by atoms with Crippen LogP contribution in [0.3, 0.4) is 0 Å². The molecule has 3 aromatic rings. The van der Waals surface area contributed by atoms with Crippen LogP contribution in [0.25, 0.3) is 10.2 Å². The summed E-state index contributed by atoms with van der Waals surface area (Å²) in [5.74, 6) is -1.45. The van der Waals surface area contributed by atoms with Crippen molar-refractivity contribution in [2.45, 2.75) is 39.2 Å². The van der Waals surface area contributed by atoms with Crippen LogP contribution in [0.15, 0.2) is 23.2 Å². The number of thioether (sulfide) groups is 1. The van der Waals surface area contributed by atoms with E-state index in [0.29, 0.717) is 39.8 Å². The number of esters is 1. The summed E-state index contributed by atoms with van der Waals surface area (Å²) in [4.78, 5) is 43.4. The molecule has 0 fully saturated rings. The Hall–Kier alpha value is -2.54. The van der Waals surface area contributed by atoms with Crippen molar-refractivity contribution in [3.05, 3.63) is 44.8 Å². The van der Waals surface area contributed by atoms with E-state index in [0.717, 1.165) is 53.4 Å². The fourth-order valence-electron chi connectivity index (χ4n) is 4.15. The number of thiophene rings is 1. The summed E-state index contributed by atoms with van der Waals surface area (Å²) >= 11 is 3.80. The van der Waals surface area contributed by atoms with Crippen LogP contribution in [0.1, 0.15) is 40.6 Å². The van der Waals surface area contributed by atoms with Crippen molar-refractivity contribution in [2.75, 3.05) is 37.1 Å². The zero-order valence-electron chi connectivity index (χ0n) is 20.6. The first-order valence-corrected chi connectivity index (χ1v) is 14.7. The second-order valence-electron chi connectivity index (χ2n) is 8.30. The van der Waals surface area contributed by atoms with Crippen LogP contribution in [-0.4, -0.2) is 54.2 Å². The number of benzene rings is 1. The average molecular weight is 566 g/mol. The molecule has 1 aliphatic rings. The van der Waals surface area contributed by atoms with E-state index < -0.39 is 11.9 Å². The Morgan fingerprint density at radius 2 is 2.00 bits per heavy atom. The summed E-state index contributed by atoms with van der Waals surface area (Å²) in [5, 5.41) is 3.34. The summed E-state index contributed by atoms with van der Waals surface area (Å²) < 4.78 is 26.6. The summed E-state index contributed by atoms with van der Waals surface area (Å²) in [6.07, 6.45) is 3.75. The van der Waals surface area contributed by atoms with E-state index in [4.69, 9.17) is 9.47 Å². The molecule has 1 aromatic carbocycles. The molecule has 2 amide bonds. The third-order valence-corrected chi connectivity index (χ3v) is 8.97. The van der Waals surface area contributed by atoms with Gasteiger partial charge in [0.15, 0.2) is 4.80 Å². The molecule has 0 spiro atoms. The van der Waals surface area contributed by atoms with E-state index in [2.05, 4.69) is 10.3 Å². The fraction of sp³-hybridized carbons (Fsp3) is 0.440. The molecule has 12 heteroatoms. The Morgan fingerprint density at radius 1 is 1.19 bits per heavy atom. The third-order valence-electron chi connectivity index (χ3n) is 5.80. The quantitative estimate of drug-likeness (QED) is 0.289. The molecule has 0 saturated carbocycles. The van der Waals surface area contributed by atoms with Gasteiger partial charge in [-0.15, -0.1) is 23.1 Å². The number of rotatable bonds is 10. The molecular weight excluding hydrogens is 537 g/mol. The smallest absolute Gasteiger partial charge is 0.341 e. The SMILES string of the molecule is CCOCCn1c(=NC(=O)CSCC(=O)Nc2sc3c(c2C(=O)OC)CCCC3)sc2cc(F)ccc21. The molecule has 0 bridgehead atoms. The Bertz CT molecular complexity index is 1380. The van der Waals surface area contributed by atoms with Gasteiger partial charge in [0.25, 0.3) is 5.91 Å². The molecule has 0 radical (unpaired) electrons. The highest BCUT2D eigenvalue weighted by atomic mass is 32.2. The summed E-state index contributed by atoms with van der Waals surface area (Å²) in [6.45, 7) is 3.39. The number of carbonyl (C=O) groups is 3. The number of aryl methyl sites for hydroxylation is 1. The predicted octanol–water partition coefficient (Wildman–Crippen LogP) is 4.40. The van der Waals surface area contributed by atoms with Crippen molar-refractivity contribution < 1.29 is 28.2 Å². The maximum absolute atomic E-state index is 13.7. The molecular formula is C25H28FN3O5S3. The van der Waals surface area contributed by atoms with Gasteiger partial charge in [0.05, 0.1) is 41.0 Å². The molecule has 0 unspecified atom stereocenters. The average Bonchev–Trinajstić information content (AvgIpc) is 3.40. The van der Waals surface area contributed by atoms with Crippen molar-refractivity contribution in [1.82, 2.24) is 4.57 Å². The van der Waals surface area contributed by atoms with E-state index in [9.17, 15) is 18.8 Å². The first-order valence-electron chi connectivity index (χ1n) is 12.0. The molecule has 0 aliphatic heterocycles. The molecule has 198 valence electrons. The number of nitrogens with zero attached hydrogens (tertiary/aromatic N) is 2. The van der Waals surface area contributed by atoms with Gasteiger partial charge in [-0.05, 0) is 56.4 Å². The molecule has 1 aliphatic carbocycles. The number of halogens is 1. The van der Waals surface area contributed by atoms with Crippen LogP contribution in [0.2, 0.25) is 0 Å². The lowest BCUT2D eigenvalue weighted by Gasteiger charge is -2.11. The van der Waals surface area contributed by atoms with Crippen molar-refractivity contribution in [3.8, 4) is 0 Å². The first-order chi connectivity index (χ1) is 17.9. The lowest BCUT2D eigenvalue weighted by molar-refractivity contribution is -0.115. The van der Waals surface area contributed by atoms with Gasteiger partial charge in [-0.2, -0.15) is 4.99 Å². The van der Waals surface area contributed by atoms with E-state index >= 15 is 0 Å². The highest BCUT2D eigenvalue weighted by molar-refractivity contribution is 8.00. The number of amides is 2. The zero-order valence-corrected chi connectivity index (χ0v) is 23.1. The zero-order chi connectivity index (χ0) is 26.4. The van der Waals surface area contributed by atoms with Crippen LogP contribution in [0.4, 0.5) is 9.39 Å². The number of fused-ring (bicyclic) bond motifs is 2. The van der Waals surface area contributed by atoms with Crippen molar-refractivity contribution in [3.63, 3.8) is 0 Å². The van der Waals surface area contributed by atoms with Crippen molar-refractivity contribution >= 4 is 67.4 Å². The van der Waals surface area contributed by atoms with Gasteiger partial charge in [-0.25, -0.2) is 9.18 Å². The van der Waals surface area contributed by atoms with Crippen LogP contribution in [0.5, 0.6) is 0 Å². The van der Waals surface area contributed by atoms with E-state index in [1.807, 2.05) is 11.5 Å². The number of hydrogen-bond donors (Lipinski definition) is 1. The number of ether oxygens (including phenoxy) is 2. The van der Waals surface area contributed by atoms with Crippen molar-refractivity contribution in [1.29, 1.82) is 0 Å². The third kappa shape index (κ3) is 6.67. The largest absolute Gasteiger partial charge is 0.465 e. The maximum Gasteiger partial charge on any atom is 0.341 e. The molecule has 1 N–H and O–H groups in total. The number of carbonyl (C=O) groups excluding carboxylic acids is 3. The number of hydrogen-bond acceptors (Lipinski definition) is 8. The van der Waals surface area contributed by atoms with Crippen LogP contribution in [-0.2, 0) is 38.4 Å². The Morgan fingerprint density at radius 3 is 2.78 bits per heavy atom. The Balaban J connectivity index is 1.40. The van der Waals surface area contributed by atoms with E-state index in [-0.39, 0.29) is 23.2 Å². The minimum absolute atomic E-state index is 0.00624. The van der Waals surface area contributed by atoms with Gasteiger partial charge in [-0.1, -0.05) is 11.3 Å². The molecule has 8 nitrogen and oxygen atoms in total. The number of thiazole rings is 1. The fourth-order valence-corrected chi connectivity index (χ4v) is 7.14. The molecule has 0 atom stereocenters. The Kier molecular flexibility index (Phi) is 9.52. The van der Waals surface area contributed by atoms with E-state index in [1.54, 1.807) is 6.07 Å². The van der Waals surface area contributed by atoms with Crippen LogP contribution >= 0.6 is 34.4 Å². The lowest BCUT2D eigenvalue weighted by atomic mass is 9.95. The number of aromatic nitrogens is 1. The summed E-state index contributed by atoms with van der Waals surface area (Å²) in [6, 6.07) is 4.47. The lowest BCUT2D eigenvalue weighted by Crippen LogP contribution is -2.20. The minimum atomic E-state index is -0.447. The molecule has 0 saturated heterocycles. The number of anilines is 1. The van der Waals surface area contributed by atoms with Gasteiger partial charge >= 0.3 is 5.97 Å². The highest BCUT2D eigenvalue weighted by Crippen LogP contribution is 2.38. The maximum atomic E-state index is 13.7. The standard InChI is InChI=1S/C25H28FN3O5S3/c1-3-34-11-10-29-17-9-8-15(26)12-19(17)37-25(29)28-21(31)14-35-13-20(30)27-23-22(24(32)33-2)16-6-4-5-7-18(16)36-23/h8-9,12H,3-7,10-11,13-14H2,1-2H3,(H,27,30). The first kappa shape index (κ1) is 27.5. The van der Waals surface area contributed by atoms with Gasteiger partial charge in [0.1, 0.15) is 10.8 Å². The topological polar surface area (TPSA) is 99.0 Å². The monoisotopic (exact) mass is 565 g/mol. The predicted molar refractivity (Wildman–Crippen MR) is 145 cm³/mol. The van der Waals surface area contributed by atoms with Gasteiger partial charge < -0.3 is 19.4 Å².